The standard InChI is InChI=1S/C17H18F4N4O/c1-23-5-7-24(8-6-23)12-9-16(26)25(22-10-12)11-13-14(17(19,20)21)3-2-4-15(13)18/h2-4,9-10H,5-8,11H2,1H3. The van der Waals surface area contributed by atoms with Crippen LogP contribution in [0.4, 0.5) is 23.2 Å². The summed E-state index contributed by atoms with van der Waals surface area (Å²) in [5.74, 6) is -1.02. The summed E-state index contributed by atoms with van der Waals surface area (Å²) in [6.07, 6.45) is -3.28. The zero-order valence-electron chi connectivity index (χ0n) is 14.1. The SMILES string of the molecule is CN1CCN(c2cnn(Cc3c(F)cccc3C(F)(F)F)c(=O)c2)CC1. The van der Waals surface area contributed by atoms with Crippen molar-refractivity contribution in [1.29, 1.82) is 0 Å². The first-order chi connectivity index (χ1) is 12.3. The number of hydrogen-bond donors (Lipinski definition) is 0. The van der Waals surface area contributed by atoms with Crippen LogP contribution >= 0.6 is 0 Å². The maximum atomic E-state index is 13.9. The van der Waals surface area contributed by atoms with Gasteiger partial charge in [-0.15, -0.1) is 0 Å². The van der Waals surface area contributed by atoms with Crippen molar-refractivity contribution >= 4 is 5.69 Å². The highest BCUT2D eigenvalue weighted by molar-refractivity contribution is 5.43. The van der Waals surface area contributed by atoms with Gasteiger partial charge in [0.15, 0.2) is 0 Å². The highest BCUT2D eigenvalue weighted by Crippen LogP contribution is 2.33. The Morgan fingerprint density at radius 3 is 2.46 bits per heavy atom. The van der Waals surface area contributed by atoms with Gasteiger partial charge in [-0.1, -0.05) is 6.07 Å². The van der Waals surface area contributed by atoms with Gasteiger partial charge in [0.25, 0.3) is 5.56 Å². The van der Waals surface area contributed by atoms with Gasteiger partial charge >= 0.3 is 6.18 Å². The molecule has 1 aliphatic heterocycles. The van der Waals surface area contributed by atoms with Crippen molar-refractivity contribution in [2.24, 2.45) is 0 Å². The summed E-state index contributed by atoms with van der Waals surface area (Å²) in [5, 5.41) is 3.95. The van der Waals surface area contributed by atoms with E-state index in [9.17, 15) is 22.4 Å². The van der Waals surface area contributed by atoms with Crippen LogP contribution in [0.25, 0.3) is 0 Å². The molecule has 1 fully saturated rings. The first-order valence-electron chi connectivity index (χ1n) is 8.11. The molecule has 1 aromatic carbocycles. The van der Waals surface area contributed by atoms with Crippen LogP contribution in [0.5, 0.6) is 0 Å². The molecule has 0 N–H and O–H groups in total. The van der Waals surface area contributed by atoms with E-state index in [1.165, 1.54) is 12.3 Å². The molecule has 0 aliphatic carbocycles. The normalized spacial score (nSPS) is 16.1. The van der Waals surface area contributed by atoms with Gasteiger partial charge in [0.05, 0.1) is 24.0 Å². The minimum atomic E-state index is -4.71. The van der Waals surface area contributed by atoms with E-state index in [1.54, 1.807) is 0 Å². The van der Waals surface area contributed by atoms with Crippen molar-refractivity contribution in [3.63, 3.8) is 0 Å². The number of nitrogens with zero attached hydrogens (tertiary/aromatic N) is 4. The zero-order valence-corrected chi connectivity index (χ0v) is 14.1. The molecular formula is C17H18F4N4O. The minimum absolute atomic E-state index is 0.571. The summed E-state index contributed by atoms with van der Waals surface area (Å²) in [7, 11) is 2.00. The molecule has 0 amide bonds. The van der Waals surface area contributed by atoms with E-state index < -0.39 is 35.2 Å². The lowest BCUT2D eigenvalue weighted by molar-refractivity contribution is -0.138. The van der Waals surface area contributed by atoms with Crippen molar-refractivity contribution in [3.8, 4) is 0 Å². The summed E-state index contributed by atoms with van der Waals surface area (Å²) in [5.41, 5.74) is -1.65. The van der Waals surface area contributed by atoms with E-state index in [2.05, 4.69) is 10.00 Å². The Kier molecular flexibility index (Phi) is 4.99. The van der Waals surface area contributed by atoms with Crippen molar-refractivity contribution in [3.05, 3.63) is 57.8 Å². The summed E-state index contributed by atoms with van der Waals surface area (Å²) in [4.78, 5) is 16.4. The highest BCUT2D eigenvalue weighted by atomic mass is 19.4. The zero-order chi connectivity index (χ0) is 18.9. The lowest BCUT2D eigenvalue weighted by atomic mass is 10.1. The second kappa shape index (κ2) is 7.06. The van der Waals surface area contributed by atoms with Crippen LogP contribution in [0.1, 0.15) is 11.1 Å². The molecule has 5 nitrogen and oxygen atoms in total. The van der Waals surface area contributed by atoms with Crippen LogP contribution in [0.3, 0.4) is 0 Å². The molecule has 0 bridgehead atoms. The fraction of sp³-hybridized carbons (Fsp3) is 0.412. The summed E-state index contributed by atoms with van der Waals surface area (Å²) in [6, 6.07) is 4.05. The van der Waals surface area contributed by atoms with Gasteiger partial charge in [-0.25, -0.2) is 9.07 Å². The van der Waals surface area contributed by atoms with Crippen LogP contribution < -0.4 is 10.5 Å². The van der Waals surface area contributed by atoms with Gasteiger partial charge < -0.3 is 9.80 Å². The number of benzene rings is 1. The first kappa shape index (κ1) is 18.4. The Labute approximate surface area is 147 Å². The topological polar surface area (TPSA) is 41.4 Å². The van der Waals surface area contributed by atoms with Crippen LogP contribution in [-0.4, -0.2) is 47.9 Å². The molecule has 2 aromatic rings. The van der Waals surface area contributed by atoms with Gasteiger partial charge in [-0.3, -0.25) is 4.79 Å². The number of piperazine rings is 1. The maximum Gasteiger partial charge on any atom is 0.416 e. The molecule has 0 spiro atoms. The van der Waals surface area contributed by atoms with E-state index in [1.807, 2.05) is 11.9 Å². The molecule has 1 saturated heterocycles. The minimum Gasteiger partial charge on any atom is -0.368 e. The third-order valence-corrected chi connectivity index (χ3v) is 4.46. The summed E-state index contributed by atoms with van der Waals surface area (Å²) < 4.78 is 54.0. The Hall–Kier alpha value is -2.42. The van der Waals surface area contributed by atoms with E-state index in [0.29, 0.717) is 5.69 Å². The molecule has 0 atom stereocenters. The Morgan fingerprint density at radius 1 is 1.15 bits per heavy atom. The van der Waals surface area contributed by atoms with Gasteiger partial charge in [0.2, 0.25) is 0 Å². The number of hydrogen-bond acceptors (Lipinski definition) is 4. The number of anilines is 1. The van der Waals surface area contributed by atoms with E-state index in [0.717, 1.165) is 49.1 Å². The number of rotatable bonds is 3. The molecule has 1 aromatic heterocycles. The van der Waals surface area contributed by atoms with Crippen molar-refractivity contribution in [2.75, 3.05) is 38.1 Å². The monoisotopic (exact) mass is 370 g/mol. The van der Waals surface area contributed by atoms with Gasteiger partial charge in [0.1, 0.15) is 5.82 Å². The molecule has 2 heterocycles. The van der Waals surface area contributed by atoms with E-state index >= 15 is 0 Å². The molecule has 0 saturated carbocycles. The third-order valence-electron chi connectivity index (χ3n) is 4.46. The average molecular weight is 370 g/mol. The van der Waals surface area contributed by atoms with Crippen molar-refractivity contribution in [1.82, 2.24) is 14.7 Å². The Bertz CT molecular complexity index is 841. The fourth-order valence-electron chi connectivity index (χ4n) is 2.92. The lowest BCUT2D eigenvalue weighted by Gasteiger charge is -2.33. The summed E-state index contributed by atoms with van der Waals surface area (Å²) in [6.45, 7) is 2.56. The molecule has 0 radical (unpaired) electrons. The summed E-state index contributed by atoms with van der Waals surface area (Å²) >= 11 is 0. The number of aromatic nitrogens is 2. The second-order valence-corrected chi connectivity index (χ2v) is 6.26. The fourth-order valence-corrected chi connectivity index (χ4v) is 2.92. The van der Waals surface area contributed by atoms with Crippen LogP contribution in [0.2, 0.25) is 0 Å². The second-order valence-electron chi connectivity index (χ2n) is 6.26. The molecule has 0 unspecified atom stereocenters. The number of likely N-dealkylation sites (N-methyl/N-ethyl adjacent to an activating group) is 1. The molecular weight excluding hydrogens is 352 g/mol. The third kappa shape index (κ3) is 3.87. The first-order valence-corrected chi connectivity index (χ1v) is 8.11. The molecule has 140 valence electrons. The van der Waals surface area contributed by atoms with Crippen LogP contribution in [0, 0.1) is 5.82 Å². The Balaban J connectivity index is 1.87. The molecule has 26 heavy (non-hydrogen) atoms. The largest absolute Gasteiger partial charge is 0.416 e. The highest BCUT2D eigenvalue weighted by Gasteiger charge is 2.34. The van der Waals surface area contributed by atoms with Gasteiger partial charge in [0, 0.05) is 37.8 Å². The van der Waals surface area contributed by atoms with Crippen LogP contribution in [-0.2, 0) is 12.7 Å². The quantitative estimate of drug-likeness (QED) is 0.777. The van der Waals surface area contributed by atoms with E-state index in [4.69, 9.17) is 0 Å². The predicted molar refractivity (Wildman–Crippen MR) is 88.7 cm³/mol. The van der Waals surface area contributed by atoms with E-state index in [-0.39, 0.29) is 0 Å². The number of alkyl halides is 3. The molecule has 9 heteroatoms. The predicted octanol–water partition coefficient (Wildman–Crippen LogP) is 2.20. The maximum absolute atomic E-state index is 13.9. The van der Waals surface area contributed by atoms with Crippen molar-refractivity contribution < 1.29 is 17.6 Å². The smallest absolute Gasteiger partial charge is 0.368 e. The number of halogens is 4. The molecule has 1 aliphatic rings. The van der Waals surface area contributed by atoms with Crippen molar-refractivity contribution in [2.45, 2.75) is 12.7 Å². The van der Waals surface area contributed by atoms with Crippen LogP contribution in [0.15, 0.2) is 35.3 Å². The molecule has 3 rings (SSSR count). The van der Waals surface area contributed by atoms with Gasteiger partial charge in [-0.2, -0.15) is 18.3 Å². The Morgan fingerprint density at radius 2 is 1.85 bits per heavy atom. The lowest BCUT2D eigenvalue weighted by Crippen LogP contribution is -2.45. The average Bonchev–Trinajstić information content (AvgIpc) is 2.58. The van der Waals surface area contributed by atoms with Gasteiger partial charge in [-0.05, 0) is 19.2 Å².